The van der Waals surface area contributed by atoms with Crippen LogP contribution >= 0.6 is 23.5 Å². The summed E-state index contributed by atoms with van der Waals surface area (Å²) in [5.41, 5.74) is 19.7. The van der Waals surface area contributed by atoms with E-state index in [1.54, 1.807) is 6.92 Å². The molecule has 0 radical (unpaired) electrons. The smallest absolute Gasteiger partial charge is 0.309 e. The Bertz CT molecular complexity index is 2990. The average molecular weight is 1070 g/mol. The highest BCUT2D eigenvalue weighted by molar-refractivity contribution is 7.99. The number of thioether (sulfide) groups is 2. The number of carbonyl (C=O) groups is 2. The third-order valence-electron chi connectivity index (χ3n) is 16.9. The number of Topliss-reactive ketones (excluding diaryl/α,β-unsaturated/α-hetero) is 1. The number of aliphatic hydroxyl groups is 2. The second-order valence-corrected chi connectivity index (χ2v) is 24.0. The highest BCUT2D eigenvalue weighted by Gasteiger charge is 2.33. The van der Waals surface area contributed by atoms with E-state index in [0.717, 1.165) is 78.2 Å². The third kappa shape index (κ3) is 14.3. The molecular weight excluding hydrogens is 985 g/mol. The van der Waals surface area contributed by atoms with E-state index in [4.69, 9.17) is 4.74 Å². The van der Waals surface area contributed by atoms with Crippen LogP contribution in [0.1, 0.15) is 140 Å². The first-order valence-corrected chi connectivity index (χ1v) is 30.5. The lowest BCUT2D eigenvalue weighted by Gasteiger charge is -2.34. The summed E-state index contributed by atoms with van der Waals surface area (Å²) in [7, 11) is 1.42. The molecule has 0 bridgehead atoms. The van der Waals surface area contributed by atoms with Crippen molar-refractivity contribution in [2.45, 2.75) is 137 Å². The lowest BCUT2D eigenvalue weighted by Crippen LogP contribution is -2.26. The number of carbonyl (C=O) groups excluding carboxylic acids is 2. The van der Waals surface area contributed by atoms with Gasteiger partial charge in [-0.05, 0) is 174 Å². The summed E-state index contributed by atoms with van der Waals surface area (Å²) >= 11 is 3.87. The van der Waals surface area contributed by atoms with Gasteiger partial charge in [0.25, 0.3) is 0 Å². The van der Waals surface area contributed by atoms with Gasteiger partial charge in [-0.2, -0.15) is 23.5 Å². The molecule has 0 aromatic heterocycles. The molecule has 8 rings (SSSR count). The zero-order valence-electron chi connectivity index (χ0n) is 47.6. The molecule has 6 aromatic carbocycles. The van der Waals surface area contributed by atoms with Gasteiger partial charge in [-0.1, -0.05) is 173 Å². The van der Waals surface area contributed by atoms with E-state index in [2.05, 4.69) is 189 Å². The van der Waals surface area contributed by atoms with Crippen molar-refractivity contribution < 1.29 is 24.5 Å². The number of hydrogen-bond donors (Lipinski definition) is 2. The summed E-state index contributed by atoms with van der Waals surface area (Å²) in [6.45, 7) is 19.6. The zero-order chi connectivity index (χ0) is 55.3. The Morgan fingerprint density at radius 2 is 0.896 bits per heavy atom. The van der Waals surface area contributed by atoms with Crippen LogP contribution in [0.4, 0.5) is 0 Å². The van der Waals surface area contributed by atoms with Crippen molar-refractivity contribution in [3.05, 3.63) is 200 Å². The van der Waals surface area contributed by atoms with Crippen molar-refractivity contribution >= 4 is 47.4 Å². The zero-order valence-corrected chi connectivity index (χ0v) is 49.2. The van der Waals surface area contributed by atoms with Gasteiger partial charge in [-0.3, -0.25) is 9.59 Å². The standard InChI is InChI=1S/C35H42O3S.C35H42O2S/c1-6-35(7-2,30-15-14-27(24(3)20-30)12-13-29-23-39-19-18-33(29)36)31-16-17-32(25(4)21-31)28-10-8-26(9-11-28)22-34(37)38-5;1-6-35(7-2,31-15-14-28(24(3)20-31)12-13-30-23-38-19-18-34(30)37)32-16-17-33(25(4)21-32)29-10-8-27(9-11-29)22-26(5)36/h8-17,20-21,29,33,36H,6-7,18-19,22-23H2,1-5H3;8-17,20-21,30,34,37H,6-7,18-19,22-23H2,1-5H3/b2*13-12+. The quantitative estimate of drug-likeness (QED) is 0.0830. The van der Waals surface area contributed by atoms with Gasteiger partial charge in [-0.25, -0.2) is 0 Å². The maximum absolute atomic E-state index is 11.6. The normalized spacial score (nSPS) is 18.0. The number of ether oxygens (including phenoxy) is 1. The Hall–Kier alpha value is -5.44. The Kier molecular flexibility index (Phi) is 21.1. The first kappa shape index (κ1) is 59.2. The van der Waals surface area contributed by atoms with Gasteiger partial charge >= 0.3 is 5.97 Å². The Morgan fingerprint density at radius 1 is 0.532 bits per heavy atom. The first-order valence-electron chi connectivity index (χ1n) is 28.2. The van der Waals surface area contributed by atoms with Crippen LogP contribution in [0.5, 0.6) is 0 Å². The molecule has 5 nitrogen and oxygen atoms in total. The van der Waals surface area contributed by atoms with E-state index >= 15 is 0 Å². The molecule has 2 aliphatic rings. The summed E-state index contributed by atoms with van der Waals surface area (Å²) in [5.74, 6) is 4.56. The Labute approximate surface area is 470 Å². The van der Waals surface area contributed by atoms with Crippen LogP contribution in [0.3, 0.4) is 0 Å². The molecule has 0 aliphatic carbocycles. The molecule has 406 valence electrons. The van der Waals surface area contributed by atoms with Crippen LogP contribution in [-0.4, -0.2) is 64.3 Å². The van der Waals surface area contributed by atoms with Gasteiger partial charge < -0.3 is 14.9 Å². The second-order valence-electron chi connectivity index (χ2n) is 21.7. The predicted molar refractivity (Wildman–Crippen MR) is 329 cm³/mol. The molecule has 0 spiro atoms. The van der Waals surface area contributed by atoms with Crippen molar-refractivity contribution in [2.24, 2.45) is 11.8 Å². The van der Waals surface area contributed by atoms with Crippen LogP contribution in [-0.2, 0) is 38.0 Å². The largest absolute Gasteiger partial charge is 0.469 e. The molecular formula is C70H84O5S2. The van der Waals surface area contributed by atoms with Crippen molar-refractivity contribution in [1.29, 1.82) is 0 Å². The number of benzene rings is 6. The van der Waals surface area contributed by atoms with Crippen molar-refractivity contribution in [2.75, 3.05) is 30.1 Å². The van der Waals surface area contributed by atoms with Gasteiger partial charge in [0.15, 0.2) is 0 Å². The number of esters is 1. The monoisotopic (exact) mass is 1070 g/mol. The van der Waals surface area contributed by atoms with Gasteiger partial charge in [0.05, 0.1) is 25.7 Å². The highest BCUT2D eigenvalue weighted by atomic mass is 32.2. The summed E-state index contributed by atoms with van der Waals surface area (Å²) in [4.78, 5) is 23.1. The van der Waals surface area contributed by atoms with Crippen LogP contribution in [0.2, 0.25) is 0 Å². The molecule has 4 atom stereocenters. The van der Waals surface area contributed by atoms with E-state index in [9.17, 15) is 19.8 Å². The van der Waals surface area contributed by atoms with Gasteiger partial charge in [0.2, 0.25) is 0 Å². The minimum Gasteiger partial charge on any atom is -0.469 e. The molecule has 2 saturated heterocycles. The van der Waals surface area contributed by atoms with Gasteiger partial charge in [0.1, 0.15) is 5.78 Å². The van der Waals surface area contributed by atoms with E-state index in [1.165, 1.54) is 79.4 Å². The first-order chi connectivity index (χ1) is 37.1. The number of hydrogen-bond acceptors (Lipinski definition) is 7. The molecule has 2 N–H and O–H groups in total. The van der Waals surface area contributed by atoms with Crippen molar-refractivity contribution in [3.8, 4) is 22.3 Å². The fraction of sp³-hybridized carbons (Fsp3) is 0.400. The van der Waals surface area contributed by atoms with E-state index in [0.29, 0.717) is 12.8 Å². The maximum atomic E-state index is 11.6. The van der Waals surface area contributed by atoms with Crippen LogP contribution in [0.15, 0.2) is 133 Å². The predicted octanol–water partition coefficient (Wildman–Crippen LogP) is 16.3. The summed E-state index contributed by atoms with van der Waals surface area (Å²) in [6, 6.07) is 44.3. The lowest BCUT2D eigenvalue weighted by atomic mass is 9.69. The summed E-state index contributed by atoms with van der Waals surface area (Å²) in [5, 5.41) is 20.7. The van der Waals surface area contributed by atoms with Crippen LogP contribution < -0.4 is 0 Å². The minimum atomic E-state index is -0.223. The number of methoxy groups -OCH3 is 1. The van der Waals surface area contributed by atoms with E-state index in [-0.39, 0.29) is 46.6 Å². The fourth-order valence-corrected chi connectivity index (χ4v) is 14.2. The van der Waals surface area contributed by atoms with Crippen molar-refractivity contribution in [3.63, 3.8) is 0 Å². The number of aliphatic hydroxyl groups excluding tert-OH is 2. The molecule has 6 aromatic rings. The Balaban J connectivity index is 0.000000224. The molecule has 0 amide bonds. The van der Waals surface area contributed by atoms with E-state index < -0.39 is 0 Å². The molecule has 4 unspecified atom stereocenters. The average Bonchev–Trinajstić information content (AvgIpc) is 3.43. The molecule has 7 heteroatoms. The summed E-state index contributed by atoms with van der Waals surface area (Å²) < 4.78 is 4.79. The van der Waals surface area contributed by atoms with Gasteiger partial charge in [-0.15, -0.1) is 0 Å². The minimum absolute atomic E-state index is 0.0438. The fourth-order valence-electron chi connectivity index (χ4n) is 11.8. The number of ketones is 1. The SMILES string of the molecule is CCC(CC)(c1ccc(/C=C/C2CSCCC2O)c(C)c1)c1ccc(-c2ccc(CC(=O)OC)cc2)c(C)c1.CCC(CC)(c1ccc(/C=C/C2CSCCC2O)c(C)c1)c1ccc(-c2ccc(CC(C)=O)cc2)c(C)c1. The topological polar surface area (TPSA) is 83.8 Å². The molecule has 0 saturated carbocycles. The van der Waals surface area contributed by atoms with E-state index in [1.807, 2.05) is 35.7 Å². The van der Waals surface area contributed by atoms with Gasteiger partial charge in [0, 0.05) is 40.6 Å². The highest BCUT2D eigenvalue weighted by Crippen LogP contribution is 2.43. The third-order valence-corrected chi connectivity index (χ3v) is 19.2. The number of rotatable bonds is 18. The molecule has 2 heterocycles. The Morgan fingerprint density at radius 3 is 1.22 bits per heavy atom. The maximum Gasteiger partial charge on any atom is 0.309 e. The second kappa shape index (κ2) is 27.4. The lowest BCUT2D eigenvalue weighted by molar-refractivity contribution is -0.139. The molecule has 77 heavy (non-hydrogen) atoms. The van der Waals surface area contributed by atoms with Crippen LogP contribution in [0, 0.1) is 39.5 Å². The summed E-state index contributed by atoms with van der Waals surface area (Å²) in [6.07, 6.45) is 15.0. The van der Waals surface area contributed by atoms with Crippen LogP contribution in [0.25, 0.3) is 34.4 Å². The molecule has 2 aliphatic heterocycles. The van der Waals surface area contributed by atoms with Crippen molar-refractivity contribution in [1.82, 2.24) is 0 Å². The number of aryl methyl sites for hydroxylation is 4. The molecule has 2 fully saturated rings.